The number of benzene rings is 1. The number of hydrogen-bond acceptors (Lipinski definition) is 4. The molecular formula is C12H11NO3S. The minimum atomic E-state index is -0.913. The molecule has 1 fully saturated rings. The van der Waals surface area contributed by atoms with E-state index in [0.29, 0.717) is 22.7 Å². The fourth-order valence-corrected chi connectivity index (χ4v) is 3.09. The maximum Gasteiger partial charge on any atom is 0.337 e. The number of rotatable bonds is 3. The van der Waals surface area contributed by atoms with Crippen molar-refractivity contribution in [2.45, 2.75) is 18.8 Å². The maximum absolute atomic E-state index is 11.1. The van der Waals surface area contributed by atoms with Crippen LogP contribution in [-0.2, 0) is 0 Å². The Hall–Kier alpha value is -1.62. The molecule has 0 aliphatic heterocycles. The van der Waals surface area contributed by atoms with E-state index in [1.807, 2.05) is 0 Å². The number of ether oxygens (including phenoxy) is 1. The van der Waals surface area contributed by atoms with Crippen LogP contribution in [0.15, 0.2) is 12.1 Å². The molecule has 3 rings (SSSR count). The number of nitrogens with zero attached hydrogens (tertiary/aromatic N) is 1. The third-order valence-corrected chi connectivity index (χ3v) is 4.15. The van der Waals surface area contributed by atoms with E-state index >= 15 is 0 Å². The molecule has 88 valence electrons. The number of thiazole rings is 1. The first-order valence-corrected chi connectivity index (χ1v) is 6.23. The molecule has 2 aromatic rings. The van der Waals surface area contributed by atoms with E-state index in [1.165, 1.54) is 11.3 Å². The number of aromatic carboxylic acids is 1. The number of methoxy groups -OCH3 is 1. The van der Waals surface area contributed by atoms with Gasteiger partial charge in [0, 0.05) is 5.92 Å². The number of fused-ring (bicyclic) bond motifs is 1. The van der Waals surface area contributed by atoms with Gasteiger partial charge in [-0.25, -0.2) is 9.78 Å². The van der Waals surface area contributed by atoms with Crippen molar-refractivity contribution in [1.82, 2.24) is 4.98 Å². The number of carboxylic acid groups (broad SMARTS) is 1. The van der Waals surface area contributed by atoms with E-state index in [1.54, 1.807) is 19.2 Å². The van der Waals surface area contributed by atoms with E-state index in [0.717, 1.165) is 22.5 Å². The molecular weight excluding hydrogens is 238 g/mol. The van der Waals surface area contributed by atoms with Crippen molar-refractivity contribution in [3.05, 3.63) is 22.7 Å². The Morgan fingerprint density at radius 3 is 2.88 bits per heavy atom. The monoisotopic (exact) mass is 249 g/mol. The van der Waals surface area contributed by atoms with E-state index in [4.69, 9.17) is 9.84 Å². The van der Waals surface area contributed by atoms with Gasteiger partial charge in [0.2, 0.25) is 0 Å². The van der Waals surface area contributed by atoms with Crippen molar-refractivity contribution in [3.8, 4) is 5.75 Å². The molecule has 0 amide bonds. The summed E-state index contributed by atoms with van der Waals surface area (Å²) in [6.07, 6.45) is 2.31. The molecule has 0 radical (unpaired) electrons. The molecule has 0 bridgehead atoms. The predicted octanol–water partition coefficient (Wildman–Crippen LogP) is 2.88. The minimum Gasteiger partial charge on any atom is -0.494 e. The van der Waals surface area contributed by atoms with Gasteiger partial charge in [-0.3, -0.25) is 0 Å². The van der Waals surface area contributed by atoms with E-state index < -0.39 is 5.97 Å². The van der Waals surface area contributed by atoms with Gasteiger partial charge in [0.1, 0.15) is 11.3 Å². The zero-order valence-electron chi connectivity index (χ0n) is 9.27. The van der Waals surface area contributed by atoms with Gasteiger partial charge >= 0.3 is 5.97 Å². The van der Waals surface area contributed by atoms with Crippen LogP contribution in [0.25, 0.3) is 10.2 Å². The van der Waals surface area contributed by atoms with Gasteiger partial charge in [0.25, 0.3) is 0 Å². The number of carbonyl (C=O) groups is 1. The summed E-state index contributed by atoms with van der Waals surface area (Å²) < 4.78 is 5.95. The molecule has 0 unspecified atom stereocenters. The fraction of sp³-hybridized carbons (Fsp3) is 0.333. The fourth-order valence-electron chi connectivity index (χ4n) is 1.84. The Morgan fingerprint density at radius 2 is 2.29 bits per heavy atom. The van der Waals surface area contributed by atoms with Crippen LogP contribution in [0.2, 0.25) is 0 Å². The normalized spacial score (nSPS) is 15.1. The summed E-state index contributed by atoms with van der Waals surface area (Å²) in [5.74, 6) is 0.260. The van der Waals surface area contributed by atoms with E-state index in [-0.39, 0.29) is 0 Å². The van der Waals surface area contributed by atoms with Gasteiger partial charge in [0.05, 0.1) is 22.4 Å². The predicted molar refractivity (Wildman–Crippen MR) is 65.1 cm³/mol. The molecule has 4 nitrogen and oxygen atoms in total. The standard InChI is InChI=1S/C12H11NO3S/c1-16-8-5-4-7(12(14)15)10-9(8)13-11(17-10)6-2-3-6/h4-6H,2-3H2,1H3,(H,14,15). The summed E-state index contributed by atoms with van der Waals surface area (Å²) in [7, 11) is 1.57. The molecule has 5 heteroatoms. The summed E-state index contributed by atoms with van der Waals surface area (Å²) >= 11 is 1.48. The molecule has 1 heterocycles. The third kappa shape index (κ3) is 1.67. The van der Waals surface area contributed by atoms with Crippen LogP contribution in [0, 0.1) is 0 Å². The lowest BCUT2D eigenvalue weighted by atomic mass is 10.2. The number of carboxylic acids is 1. The van der Waals surface area contributed by atoms with Crippen LogP contribution in [0.3, 0.4) is 0 Å². The first-order chi connectivity index (χ1) is 8.20. The highest BCUT2D eigenvalue weighted by atomic mass is 32.1. The first kappa shape index (κ1) is 10.5. The van der Waals surface area contributed by atoms with Gasteiger partial charge in [-0.2, -0.15) is 0 Å². The summed E-state index contributed by atoms with van der Waals surface area (Å²) in [6, 6.07) is 3.25. The zero-order chi connectivity index (χ0) is 12.0. The van der Waals surface area contributed by atoms with Gasteiger partial charge < -0.3 is 9.84 Å². The average molecular weight is 249 g/mol. The average Bonchev–Trinajstić information content (AvgIpc) is 3.06. The molecule has 1 aromatic carbocycles. The summed E-state index contributed by atoms with van der Waals surface area (Å²) in [5, 5.41) is 10.2. The highest BCUT2D eigenvalue weighted by Crippen LogP contribution is 2.45. The quantitative estimate of drug-likeness (QED) is 0.908. The van der Waals surface area contributed by atoms with E-state index in [9.17, 15) is 4.79 Å². The Morgan fingerprint density at radius 1 is 1.53 bits per heavy atom. The van der Waals surface area contributed by atoms with Crippen LogP contribution in [0.1, 0.15) is 34.1 Å². The highest BCUT2D eigenvalue weighted by Gasteiger charge is 2.28. The minimum absolute atomic E-state index is 0.310. The molecule has 0 spiro atoms. The Balaban J connectivity index is 2.27. The smallest absolute Gasteiger partial charge is 0.337 e. The van der Waals surface area contributed by atoms with E-state index in [2.05, 4.69) is 4.98 Å². The van der Waals surface area contributed by atoms with Crippen molar-refractivity contribution < 1.29 is 14.6 Å². The lowest BCUT2D eigenvalue weighted by Crippen LogP contribution is -1.96. The van der Waals surface area contributed by atoms with Crippen molar-refractivity contribution >= 4 is 27.5 Å². The van der Waals surface area contributed by atoms with Crippen LogP contribution in [0.5, 0.6) is 5.75 Å². The highest BCUT2D eigenvalue weighted by molar-refractivity contribution is 7.19. The number of aromatic nitrogens is 1. The summed E-state index contributed by atoms with van der Waals surface area (Å²) in [4.78, 5) is 15.7. The molecule has 1 aliphatic rings. The second-order valence-corrected chi connectivity index (χ2v) is 5.16. The van der Waals surface area contributed by atoms with Crippen molar-refractivity contribution in [2.75, 3.05) is 7.11 Å². The van der Waals surface area contributed by atoms with Crippen LogP contribution >= 0.6 is 11.3 Å². The van der Waals surface area contributed by atoms with Crippen LogP contribution in [0.4, 0.5) is 0 Å². The second kappa shape index (κ2) is 3.70. The molecule has 1 N–H and O–H groups in total. The van der Waals surface area contributed by atoms with Gasteiger partial charge in [0.15, 0.2) is 0 Å². The molecule has 0 atom stereocenters. The van der Waals surface area contributed by atoms with Gasteiger partial charge in [-0.1, -0.05) is 0 Å². The van der Waals surface area contributed by atoms with Crippen molar-refractivity contribution in [1.29, 1.82) is 0 Å². The lowest BCUT2D eigenvalue weighted by molar-refractivity contribution is 0.0699. The molecule has 1 aliphatic carbocycles. The Labute approximate surface area is 102 Å². The Kier molecular flexibility index (Phi) is 2.29. The van der Waals surface area contributed by atoms with Crippen LogP contribution < -0.4 is 4.74 Å². The SMILES string of the molecule is COc1ccc(C(=O)O)c2sc(C3CC3)nc12. The largest absolute Gasteiger partial charge is 0.494 e. The topological polar surface area (TPSA) is 59.4 Å². The lowest BCUT2D eigenvalue weighted by Gasteiger charge is -2.01. The van der Waals surface area contributed by atoms with Crippen molar-refractivity contribution in [3.63, 3.8) is 0 Å². The van der Waals surface area contributed by atoms with Gasteiger partial charge in [-0.05, 0) is 25.0 Å². The molecule has 1 aromatic heterocycles. The van der Waals surface area contributed by atoms with Gasteiger partial charge in [-0.15, -0.1) is 11.3 Å². The Bertz CT molecular complexity index is 601. The molecule has 1 saturated carbocycles. The second-order valence-electron chi connectivity index (χ2n) is 4.12. The van der Waals surface area contributed by atoms with Crippen molar-refractivity contribution in [2.24, 2.45) is 0 Å². The van der Waals surface area contributed by atoms with Crippen LogP contribution in [-0.4, -0.2) is 23.2 Å². The molecule has 17 heavy (non-hydrogen) atoms. The maximum atomic E-state index is 11.1. The summed E-state index contributed by atoms with van der Waals surface area (Å²) in [6.45, 7) is 0. The third-order valence-electron chi connectivity index (χ3n) is 2.90. The first-order valence-electron chi connectivity index (χ1n) is 5.41. The summed E-state index contributed by atoms with van der Waals surface area (Å²) in [5.41, 5.74) is 0.990. The molecule has 0 saturated heterocycles. The zero-order valence-corrected chi connectivity index (χ0v) is 10.1. The number of hydrogen-bond donors (Lipinski definition) is 1.